The summed E-state index contributed by atoms with van der Waals surface area (Å²) in [5.74, 6) is 1.17. The first-order valence-corrected chi connectivity index (χ1v) is 11.3. The van der Waals surface area contributed by atoms with Crippen LogP contribution in [0.15, 0.2) is 42.5 Å². The molecule has 0 spiro atoms. The molecular weight excluding hydrogens is 392 g/mol. The predicted molar refractivity (Wildman–Crippen MR) is 112 cm³/mol. The molecule has 7 nitrogen and oxygen atoms in total. The minimum Gasteiger partial charge on any atom is -0.486 e. The van der Waals surface area contributed by atoms with Gasteiger partial charge in [-0.2, -0.15) is 0 Å². The molecule has 1 amide bonds. The van der Waals surface area contributed by atoms with Crippen molar-refractivity contribution in [3.63, 3.8) is 0 Å². The quantitative estimate of drug-likeness (QED) is 0.747. The van der Waals surface area contributed by atoms with Crippen molar-refractivity contribution in [3.8, 4) is 11.5 Å². The van der Waals surface area contributed by atoms with Crippen LogP contribution in [0.2, 0.25) is 0 Å². The summed E-state index contributed by atoms with van der Waals surface area (Å²) in [6.45, 7) is 6.66. The van der Waals surface area contributed by atoms with E-state index in [1.54, 1.807) is 38.1 Å². The molecule has 3 rings (SSSR count). The van der Waals surface area contributed by atoms with E-state index in [4.69, 9.17) is 9.47 Å². The summed E-state index contributed by atoms with van der Waals surface area (Å²) < 4.78 is 36.8. The molecule has 0 saturated carbocycles. The van der Waals surface area contributed by atoms with E-state index in [1.807, 2.05) is 25.1 Å². The third-order valence-electron chi connectivity index (χ3n) is 4.82. The number of hydrogen-bond donors (Lipinski definition) is 1. The Balaban J connectivity index is 1.70. The highest BCUT2D eigenvalue weighted by atomic mass is 32.2. The first-order chi connectivity index (χ1) is 13.9. The zero-order chi connectivity index (χ0) is 21.0. The molecule has 0 fully saturated rings. The van der Waals surface area contributed by atoms with Gasteiger partial charge in [0.2, 0.25) is 10.0 Å². The molecule has 0 saturated heterocycles. The summed E-state index contributed by atoms with van der Waals surface area (Å²) in [5, 5.41) is 2.96. The second-order valence-electron chi connectivity index (χ2n) is 6.71. The molecule has 29 heavy (non-hydrogen) atoms. The average molecular weight is 419 g/mol. The number of sulfonamides is 1. The number of anilines is 1. The lowest BCUT2D eigenvalue weighted by Gasteiger charge is -2.22. The molecule has 2 aromatic rings. The molecule has 1 aliphatic rings. The zero-order valence-electron chi connectivity index (χ0n) is 16.8. The number of nitrogens with one attached hydrogen (secondary N) is 1. The predicted octanol–water partition coefficient (Wildman–Crippen LogP) is 3.12. The van der Waals surface area contributed by atoms with E-state index in [1.165, 1.54) is 4.31 Å². The number of benzene rings is 2. The Bertz CT molecular complexity index is 973. The van der Waals surface area contributed by atoms with Crippen molar-refractivity contribution in [3.05, 3.63) is 53.6 Å². The van der Waals surface area contributed by atoms with E-state index in [-0.39, 0.29) is 17.7 Å². The number of fused-ring (bicyclic) bond motifs is 1. The number of amides is 1. The number of hydrogen-bond acceptors (Lipinski definition) is 5. The second kappa shape index (κ2) is 8.73. The van der Waals surface area contributed by atoms with E-state index in [9.17, 15) is 13.2 Å². The Kier molecular flexibility index (Phi) is 6.32. The van der Waals surface area contributed by atoms with Gasteiger partial charge >= 0.3 is 0 Å². The number of nitrogens with zero attached hydrogens (tertiary/aromatic N) is 1. The molecule has 1 unspecified atom stereocenters. The van der Waals surface area contributed by atoms with E-state index in [0.29, 0.717) is 42.5 Å². The van der Waals surface area contributed by atoms with Gasteiger partial charge in [-0.1, -0.05) is 6.07 Å². The molecule has 2 aromatic carbocycles. The van der Waals surface area contributed by atoms with Crippen LogP contribution in [0.5, 0.6) is 11.5 Å². The van der Waals surface area contributed by atoms with Crippen molar-refractivity contribution in [2.45, 2.75) is 26.8 Å². The van der Waals surface area contributed by atoms with Gasteiger partial charge in [0.15, 0.2) is 11.5 Å². The first kappa shape index (κ1) is 21.0. The van der Waals surface area contributed by atoms with Gasteiger partial charge in [-0.25, -0.2) is 8.42 Å². The second-order valence-corrected chi connectivity index (χ2v) is 8.89. The van der Waals surface area contributed by atoms with Crippen LogP contribution in [0.1, 0.15) is 42.7 Å². The summed E-state index contributed by atoms with van der Waals surface area (Å²) in [6, 6.07) is 12.0. The van der Waals surface area contributed by atoms with E-state index in [0.717, 1.165) is 5.56 Å². The maximum absolute atomic E-state index is 12.6. The van der Waals surface area contributed by atoms with Gasteiger partial charge in [-0.3, -0.25) is 9.10 Å². The molecule has 0 bridgehead atoms. The highest BCUT2D eigenvalue weighted by Crippen LogP contribution is 2.32. The zero-order valence-corrected chi connectivity index (χ0v) is 17.7. The van der Waals surface area contributed by atoms with Gasteiger partial charge in [0.1, 0.15) is 13.2 Å². The minimum atomic E-state index is -3.35. The number of ether oxygens (including phenoxy) is 2. The van der Waals surface area contributed by atoms with Gasteiger partial charge in [-0.05, 0) is 62.7 Å². The van der Waals surface area contributed by atoms with E-state index < -0.39 is 10.0 Å². The molecular formula is C21H26N2O5S. The van der Waals surface area contributed by atoms with E-state index >= 15 is 0 Å². The molecule has 1 atom stereocenters. The van der Waals surface area contributed by atoms with Gasteiger partial charge in [0, 0.05) is 12.1 Å². The Morgan fingerprint density at radius 1 is 1.07 bits per heavy atom. The fraction of sp³-hybridized carbons (Fsp3) is 0.381. The number of carbonyl (C=O) groups excluding carboxylic acids is 1. The van der Waals surface area contributed by atoms with Crippen molar-refractivity contribution >= 4 is 21.6 Å². The molecule has 156 valence electrons. The fourth-order valence-corrected chi connectivity index (χ4v) is 4.32. The molecule has 0 aliphatic carbocycles. The van der Waals surface area contributed by atoms with Crippen LogP contribution in [-0.2, 0) is 10.0 Å². The lowest BCUT2D eigenvalue weighted by molar-refractivity contribution is 0.0939. The van der Waals surface area contributed by atoms with Gasteiger partial charge in [0.05, 0.1) is 17.5 Å². The van der Waals surface area contributed by atoms with Crippen LogP contribution >= 0.6 is 0 Å². The average Bonchev–Trinajstić information content (AvgIpc) is 2.74. The molecule has 0 aromatic heterocycles. The van der Waals surface area contributed by atoms with Gasteiger partial charge < -0.3 is 14.8 Å². The standard InChI is InChI=1S/C21H26N2O5S/c1-4-23(29(25,26)5-2)18-9-6-16(7-10-18)21(24)22-15(3)17-8-11-19-20(14-17)28-13-12-27-19/h6-11,14-15H,4-5,12-13H2,1-3H3,(H,22,24). The SMILES string of the molecule is CCN(c1ccc(C(=O)NC(C)c2ccc3c(c2)OCCO3)cc1)S(=O)(=O)CC. The van der Waals surface area contributed by atoms with Gasteiger partial charge in [-0.15, -0.1) is 0 Å². The van der Waals surface area contributed by atoms with Crippen molar-refractivity contribution in [1.82, 2.24) is 5.32 Å². The lowest BCUT2D eigenvalue weighted by atomic mass is 10.1. The fourth-order valence-electron chi connectivity index (χ4n) is 3.17. The maximum atomic E-state index is 12.6. The molecule has 8 heteroatoms. The molecule has 1 N–H and O–H groups in total. The minimum absolute atomic E-state index is 0.0239. The summed E-state index contributed by atoms with van der Waals surface area (Å²) in [7, 11) is -3.35. The molecule has 1 heterocycles. The first-order valence-electron chi connectivity index (χ1n) is 9.66. The number of rotatable bonds is 7. The summed E-state index contributed by atoms with van der Waals surface area (Å²) >= 11 is 0. The van der Waals surface area contributed by atoms with Gasteiger partial charge in [0.25, 0.3) is 5.91 Å². The third kappa shape index (κ3) is 4.64. The Morgan fingerprint density at radius 2 is 1.72 bits per heavy atom. The normalized spacial score (nSPS) is 14.2. The van der Waals surface area contributed by atoms with Crippen molar-refractivity contribution in [1.29, 1.82) is 0 Å². The summed E-state index contributed by atoms with van der Waals surface area (Å²) in [4.78, 5) is 12.6. The third-order valence-corrected chi connectivity index (χ3v) is 6.69. The van der Waals surface area contributed by atoms with Crippen LogP contribution < -0.4 is 19.1 Å². The highest BCUT2D eigenvalue weighted by molar-refractivity contribution is 7.92. The van der Waals surface area contributed by atoms with Crippen LogP contribution in [0.3, 0.4) is 0 Å². The molecule has 0 radical (unpaired) electrons. The maximum Gasteiger partial charge on any atom is 0.251 e. The Morgan fingerprint density at radius 3 is 2.34 bits per heavy atom. The topological polar surface area (TPSA) is 84.9 Å². The van der Waals surface area contributed by atoms with Crippen molar-refractivity contribution in [2.24, 2.45) is 0 Å². The number of carbonyl (C=O) groups is 1. The highest BCUT2D eigenvalue weighted by Gasteiger charge is 2.20. The van der Waals surface area contributed by atoms with Crippen LogP contribution in [0.25, 0.3) is 0 Å². The van der Waals surface area contributed by atoms with Crippen molar-refractivity contribution < 1.29 is 22.7 Å². The van der Waals surface area contributed by atoms with Crippen LogP contribution in [-0.4, -0.2) is 39.8 Å². The van der Waals surface area contributed by atoms with Crippen LogP contribution in [0.4, 0.5) is 5.69 Å². The summed E-state index contributed by atoms with van der Waals surface area (Å²) in [6.07, 6.45) is 0. The Hall–Kier alpha value is -2.74. The monoisotopic (exact) mass is 418 g/mol. The summed E-state index contributed by atoms with van der Waals surface area (Å²) in [5.41, 5.74) is 1.92. The Labute approximate surface area is 171 Å². The lowest BCUT2D eigenvalue weighted by Crippen LogP contribution is -2.32. The van der Waals surface area contributed by atoms with E-state index in [2.05, 4.69) is 5.32 Å². The van der Waals surface area contributed by atoms with Crippen LogP contribution in [0, 0.1) is 0 Å². The smallest absolute Gasteiger partial charge is 0.251 e. The largest absolute Gasteiger partial charge is 0.486 e. The molecule has 1 aliphatic heterocycles. The van der Waals surface area contributed by atoms with Crippen molar-refractivity contribution in [2.75, 3.05) is 29.8 Å².